The summed E-state index contributed by atoms with van der Waals surface area (Å²) in [6, 6.07) is 0.116. The van der Waals surface area contributed by atoms with Crippen LogP contribution in [0.5, 0.6) is 0 Å². The lowest BCUT2D eigenvalue weighted by Gasteiger charge is -2.22. The van der Waals surface area contributed by atoms with Gasteiger partial charge in [-0.1, -0.05) is 5.16 Å². The fraction of sp³-hybridized carbons (Fsp3) is 0.800. The number of ether oxygens (including phenoxy) is 1. The van der Waals surface area contributed by atoms with Crippen molar-refractivity contribution >= 4 is 5.91 Å². The second kappa shape index (κ2) is 6.75. The van der Waals surface area contributed by atoms with Crippen molar-refractivity contribution in [3.8, 4) is 0 Å². The van der Waals surface area contributed by atoms with Crippen LogP contribution >= 0.6 is 0 Å². The zero-order valence-electron chi connectivity index (χ0n) is 13.2. The first kappa shape index (κ1) is 15.4. The van der Waals surface area contributed by atoms with Crippen LogP contribution in [0.3, 0.4) is 0 Å². The van der Waals surface area contributed by atoms with Crippen LogP contribution in [0.2, 0.25) is 0 Å². The van der Waals surface area contributed by atoms with Crippen LogP contribution in [-0.2, 0) is 9.53 Å². The fourth-order valence-corrected chi connectivity index (χ4v) is 2.98. The highest BCUT2D eigenvalue weighted by Gasteiger charge is 2.34. The normalized spacial score (nSPS) is 23.6. The highest BCUT2D eigenvalue weighted by molar-refractivity contribution is 5.78. The number of likely N-dealkylation sites (tertiary alicyclic amines) is 1. The Hall–Kier alpha value is -1.47. The van der Waals surface area contributed by atoms with Gasteiger partial charge in [0.05, 0.1) is 19.2 Å². The molecular weight excluding hydrogens is 284 g/mol. The average molecular weight is 308 g/mol. The summed E-state index contributed by atoms with van der Waals surface area (Å²) in [5.74, 6) is 1.98. The van der Waals surface area contributed by atoms with Crippen LogP contribution in [0.1, 0.15) is 56.3 Å². The molecule has 22 heavy (non-hydrogen) atoms. The van der Waals surface area contributed by atoms with E-state index in [-0.39, 0.29) is 18.0 Å². The third-order valence-electron chi connectivity index (χ3n) is 4.22. The molecule has 0 bridgehead atoms. The summed E-state index contributed by atoms with van der Waals surface area (Å²) in [5, 5.41) is 7.07. The average Bonchev–Trinajstić information content (AvgIpc) is 3.03. The number of aromatic nitrogens is 2. The Morgan fingerprint density at radius 2 is 2.32 bits per heavy atom. The number of amides is 1. The van der Waals surface area contributed by atoms with Gasteiger partial charge in [-0.05, 0) is 39.2 Å². The topological polar surface area (TPSA) is 80.5 Å². The van der Waals surface area contributed by atoms with Crippen LogP contribution in [0.25, 0.3) is 0 Å². The van der Waals surface area contributed by atoms with Crippen molar-refractivity contribution in [1.82, 2.24) is 20.4 Å². The van der Waals surface area contributed by atoms with E-state index in [0.717, 1.165) is 43.9 Å². The lowest BCUT2D eigenvalue weighted by atomic mass is 10.2. The van der Waals surface area contributed by atoms with E-state index in [1.165, 1.54) is 0 Å². The largest absolute Gasteiger partial charge is 0.383 e. The molecule has 0 radical (unpaired) electrons. The number of carbonyl (C=O) groups is 1. The number of methoxy groups -OCH3 is 1. The lowest BCUT2D eigenvalue weighted by molar-refractivity contribution is -0.123. The van der Waals surface area contributed by atoms with Gasteiger partial charge in [-0.3, -0.25) is 9.69 Å². The van der Waals surface area contributed by atoms with Gasteiger partial charge < -0.3 is 14.6 Å². The molecule has 1 saturated carbocycles. The highest BCUT2D eigenvalue weighted by Crippen LogP contribution is 2.40. The van der Waals surface area contributed by atoms with Crippen LogP contribution in [0.15, 0.2) is 4.52 Å². The summed E-state index contributed by atoms with van der Waals surface area (Å²) in [5.41, 5.74) is 0. The zero-order chi connectivity index (χ0) is 15.5. The third kappa shape index (κ3) is 3.64. The summed E-state index contributed by atoms with van der Waals surface area (Å²) < 4.78 is 10.4. The molecule has 2 fully saturated rings. The van der Waals surface area contributed by atoms with Crippen LogP contribution < -0.4 is 5.32 Å². The van der Waals surface area contributed by atoms with Crippen molar-refractivity contribution < 1.29 is 14.1 Å². The van der Waals surface area contributed by atoms with Crippen LogP contribution in [0.4, 0.5) is 0 Å². The van der Waals surface area contributed by atoms with E-state index in [9.17, 15) is 4.79 Å². The molecule has 1 aromatic rings. The maximum absolute atomic E-state index is 12.1. The summed E-state index contributed by atoms with van der Waals surface area (Å²) in [6.45, 7) is 3.71. The molecular formula is C15H24N4O3. The Morgan fingerprint density at radius 1 is 1.50 bits per heavy atom. The van der Waals surface area contributed by atoms with Crippen molar-refractivity contribution in [3.05, 3.63) is 11.7 Å². The minimum absolute atomic E-state index is 0.0161. The Morgan fingerprint density at radius 3 is 3.05 bits per heavy atom. The summed E-state index contributed by atoms with van der Waals surface area (Å²) >= 11 is 0. The fourth-order valence-electron chi connectivity index (χ4n) is 2.98. The number of carbonyl (C=O) groups excluding carboxylic acids is 1. The van der Waals surface area contributed by atoms with Crippen molar-refractivity contribution in [3.63, 3.8) is 0 Å². The van der Waals surface area contributed by atoms with Gasteiger partial charge in [0, 0.05) is 19.1 Å². The molecule has 0 unspecified atom stereocenters. The lowest BCUT2D eigenvalue weighted by Crippen LogP contribution is -2.42. The molecule has 1 aliphatic heterocycles. The molecule has 7 nitrogen and oxygen atoms in total. The molecule has 7 heteroatoms. The number of rotatable bonds is 7. The van der Waals surface area contributed by atoms with Gasteiger partial charge in [0.15, 0.2) is 5.82 Å². The molecule has 2 aliphatic rings. The molecule has 1 aromatic heterocycles. The number of hydrogen-bond acceptors (Lipinski definition) is 6. The Labute approximate surface area is 130 Å². The van der Waals surface area contributed by atoms with Gasteiger partial charge in [0.25, 0.3) is 0 Å². The van der Waals surface area contributed by atoms with Crippen molar-refractivity contribution in [2.75, 3.05) is 26.8 Å². The minimum atomic E-state index is 0.0161. The smallest absolute Gasteiger partial charge is 0.234 e. The summed E-state index contributed by atoms with van der Waals surface area (Å²) in [7, 11) is 1.63. The van der Waals surface area contributed by atoms with Crippen LogP contribution in [-0.4, -0.2) is 53.8 Å². The monoisotopic (exact) mass is 308 g/mol. The van der Waals surface area contributed by atoms with E-state index in [4.69, 9.17) is 9.26 Å². The molecule has 1 aliphatic carbocycles. The van der Waals surface area contributed by atoms with Crippen LogP contribution in [0, 0.1) is 0 Å². The molecule has 2 atom stereocenters. The standard InChI is InChI=1S/C15H24N4O3/c1-10(9-21-2)16-13(20)8-19-7-3-4-12(19)14-17-15(22-18-14)11-5-6-11/h10-12H,3-9H2,1-2H3,(H,16,20)/t10-,12+/m0/s1. The molecule has 122 valence electrons. The van der Waals surface area contributed by atoms with Gasteiger partial charge in [-0.25, -0.2) is 0 Å². The van der Waals surface area contributed by atoms with Gasteiger partial charge in [0.1, 0.15) is 0 Å². The van der Waals surface area contributed by atoms with E-state index in [1.54, 1.807) is 7.11 Å². The predicted molar refractivity (Wildman–Crippen MR) is 79.3 cm³/mol. The van der Waals surface area contributed by atoms with E-state index >= 15 is 0 Å². The van der Waals surface area contributed by atoms with E-state index < -0.39 is 0 Å². The second-order valence-electron chi connectivity index (χ2n) is 6.32. The maximum atomic E-state index is 12.1. The van der Waals surface area contributed by atoms with Gasteiger partial charge in [-0.15, -0.1) is 0 Å². The first-order valence-corrected chi connectivity index (χ1v) is 8.03. The molecule has 3 rings (SSSR count). The second-order valence-corrected chi connectivity index (χ2v) is 6.32. The quantitative estimate of drug-likeness (QED) is 0.816. The summed E-state index contributed by atoms with van der Waals surface area (Å²) in [4.78, 5) is 18.8. The minimum Gasteiger partial charge on any atom is -0.383 e. The first-order chi connectivity index (χ1) is 10.7. The molecule has 0 spiro atoms. The third-order valence-corrected chi connectivity index (χ3v) is 4.22. The van der Waals surface area contributed by atoms with E-state index in [2.05, 4.69) is 20.4 Å². The highest BCUT2D eigenvalue weighted by atomic mass is 16.5. The molecule has 0 aromatic carbocycles. The zero-order valence-corrected chi connectivity index (χ0v) is 13.2. The maximum Gasteiger partial charge on any atom is 0.234 e. The van der Waals surface area contributed by atoms with Gasteiger partial charge in [-0.2, -0.15) is 4.98 Å². The van der Waals surface area contributed by atoms with Crippen molar-refractivity contribution in [2.24, 2.45) is 0 Å². The van der Waals surface area contributed by atoms with Gasteiger partial charge in [0.2, 0.25) is 11.8 Å². The molecule has 2 heterocycles. The molecule has 1 amide bonds. The summed E-state index contributed by atoms with van der Waals surface area (Å²) in [6.07, 6.45) is 4.33. The number of nitrogens with one attached hydrogen (secondary N) is 1. The van der Waals surface area contributed by atoms with E-state index in [0.29, 0.717) is 19.1 Å². The molecule has 1 N–H and O–H groups in total. The number of nitrogens with zero attached hydrogens (tertiary/aromatic N) is 3. The molecule has 1 saturated heterocycles. The predicted octanol–water partition coefficient (Wildman–Crippen LogP) is 1.23. The van der Waals surface area contributed by atoms with Crippen molar-refractivity contribution in [1.29, 1.82) is 0 Å². The number of hydrogen-bond donors (Lipinski definition) is 1. The SMILES string of the molecule is COC[C@H](C)NC(=O)CN1CCC[C@@H]1c1noc(C2CC2)n1. The van der Waals surface area contributed by atoms with E-state index in [1.807, 2.05) is 6.92 Å². The first-order valence-electron chi connectivity index (χ1n) is 8.03. The Bertz CT molecular complexity index is 515. The van der Waals surface area contributed by atoms with Crippen molar-refractivity contribution in [2.45, 2.75) is 50.6 Å². The Kier molecular flexibility index (Phi) is 4.73. The van der Waals surface area contributed by atoms with Gasteiger partial charge >= 0.3 is 0 Å². The Balaban J connectivity index is 1.56.